The molecular weight excluding hydrogens is 216 g/mol. The van der Waals surface area contributed by atoms with E-state index in [1.165, 1.54) is 0 Å². The van der Waals surface area contributed by atoms with Gasteiger partial charge in [0, 0.05) is 16.7 Å². The summed E-state index contributed by atoms with van der Waals surface area (Å²) >= 11 is 0. The SMILES string of the molecule is C1=NN=C2OCC3=COc4ccccc4C3=C12. The minimum atomic E-state index is 0.482. The van der Waals surface area contributed by atoms with E-state index in [0.29, 0.717) is 12.5 Å². The van der Waals surface area contributed by atoms with Crippen LogP contribution in [0.15, 0.2) is 51.9 Å². The van der Waals surface area contributed by atoms with Crippen LogP contribution >= 0.6 is 0 Å². The Bertz CT molecular complexity index is 639. The molecule has 3 aliphatic rings. The molecule has 3 heterocycles. The second kappa shape index (κ2) is 3.07. The highest BCUT2D eigenvalue weighted by atomic mass is 16.5. The molecule has 4 nitrogen and oxygen atoms in total. The van der Waals surface area contributed by atoms with Gasteiger partial charge < -0.3 is 9.47 Å². The third-order valence-electron chi connectivity index (χ3n) is 3.01. The molecule has 0 aromatic heterocycles. The molecule has 1 aromatic rings. The molecule has 0 atom stereocenters. The zero-order valence-electron chi connectivity index (χ0n) is 8.88. The van der Waals surface area contributed by atoms with Gasteiger partial charge in [0.15, 0.2) is 0 Å². The Morgan fingerprint density at radius 3 is 3.12 bits per heavy atom. The van der Waals surface area contributed by atoms with E-state index in [-0.39, 0.29) is 0 Å². The standard InChI is InChI=1S/C13H8N2O2/c1-2-4-11-9(3-1)12-8(6-16-11)7-17-13-10(12)5-14-15-13/h1-6H,7H2. The first-order valence-electron chi connectivity index (χ1n) is 5.37. The molecule has 0 aliphatic carbocycles. The lowest BCUT2D eigenvalue weighted by Gasteiger charge is -2.25. The first kappa shape index (κ1) is 8.75. The fraction of sp³-hybridized carbons (Fsp3) is 0.0769. The van der Waals surface area contributed by atoms with E-state index in [1.807, 2.05) is 24.3 Å². The van der Waals surface area contributed by atoms with E-state index in [1.54, 1.807) is 12.5 Å². The lowest BCUT2D eigenvalue weighted by Crippen LogP contribution is -2.21. The number of rotatable bonds is 0. The molecule has 17 heavy (non-hydrogen) atoms. The van der Waals surface area contributed by atoms with E-state index in [4.69, 9.17) is 9.47 Å². The third-order valence-corrected chi connectivity index (χ3v) is 3.01. The molecule has 0 saturated carbocycles. The Balaban J connectivity index is 2.04. The lowest BCUT2D eigenvalue weighted by atomic mass is 9.90. The average molecular weight is 224 g/mol. The molecule has 0 radical (unpaired) electrons. The fourth-order valence-corrected chi connectivity index (χ4v) is 2.24. The van der Waals surface area contributed by atoms with Crippen LogP contribution in [0, 0.1) is 0 Å². The van der Waals surface area contributed by atoms with Crippen molar-refractivity contribution in [2.45, 2.75) is 0 Å². The summed E-state index contributed by atoms with van der Waals surface area (Å²) in [6.45, 7) is 0.482. The molecule has 0 N–H and O–H groups in total. The van der Waals surface area contributed by atoms with Gasteiger partial charge in [0.05, 0.1) is 18.0 Å². The molecule has 1 aromatic carbocycles. The van der Waals surface area contributed by atoms with Gasteiger partial charge in [0.25, 0.3) is 0 Å². The van der Waals surface area contributed by atoms with Crippen molar-refractivity contribution < 1.29 is 9.47 Å². The van der Waals surface area contributed by atoms with Crippen molar-refractivity contribution in [2.75, 3.05) is 6.61 Å². The van der Waals surface area contributed by atoms with Crippen LogP contribution in [0.3, 0.4) is 0 Å². The van der Waals surface area contributed by atoms with Crippen LogP contribution in [-0.4, -0.2) is 18.7 Å². The van der Waals surface area contributed by atoms with Crippen molar-refractivity contribution in [3.8, 4) is 5.75 Å². The maximum Gasteiger partial charge on any atom is 0.243 e. The number of fused-ring (bicyclic) bond motifs is 4. The van der Waals surface area contributed by atoms with E-state index < -0.39 is 0 Å². The second-order valence-corrected chi connectivity index (χ2v) is 3.98. The average Bonchev–Trinajstić information content (AvgIpc) is 2.86. The molecule has 0 bridgehead atoms. The van der Waals surface area contributed by atoms with Crippen molar-refractivity contribution in [1.29, 1.82) is 0 Å². The van der Waals surface area contributed by atoms with Crippen molar-refractivity contribution in [3.05, 3.63) is 47.2 Å². The number of nitrogens with zero attached hydrogens (tertiary/aromatic N) is 2. The van der Waals surface area contributed by atoms with Gasteiger partial charge in [-0.25, -0.2) is 0 Å². The van der Waals surface area contributed by atoms with Gasteiger partial charge in [-0.15, -0.1) is 5.10 Å². The summed E-state index contributed by atoms with van der Waals surface area (Å²) in [5.41, 5.74) is 4.17. The second-order valence-electron chi connectivity index (χ2n) is 3.98. The van der Waals surface area contributed by atoms with E-state index in [2.05, 4.69) is 10.2 Å². The summed E-state index contributed by atoms with van der Waals surface area (Å²) < 4.78 is 11.1. The zero-order chi connectivity index (χ0) is 11.2. The number of hydrogen-bond donors (Lipinski definition) is 0. The Hall–Kier alpha value is -2.36. The summed E-state index contributed by atoms with van der Waals surface area (Å²) in [7, 11) is 0. The highest BCUT2D eigenvalue weighted by Gasteiger charge is 2.30. The summed E-state index contributed by atoms with van der Waals surface area (Å²) in [5, 5.41) is 7.86. The van der Waals surface area contributed by atoms with Crippen LogP contribution in [-0.2, 0) is 4.74 Å². The number of benzene rings is 1. The highest BCUT2D eigenvalue weighted by molar-refractivity contribution is 6.23. The highest BCUT2D eigenvalue weighted by Crippen LogP contribution is 2.40. The molecule has 0 spiro atoms. The van der Waals surface area contributed by atoms with Gasteiger partial charge in [-0.1, -0.05) is 18.2 Å². The molecular formula is C13H8N2O2. The molecule has 4 rings (SSSR count). The van der Waals surface area contributed by atoms with Gasteiger partial charge in [-0.2, -0.15) is 5.10 Å². The summed E-state index contributed by atoms with van der Waals surface area (Å²) in [6, 6.07) is 7.95. The largest absolute Gasteiger partial charge is 0.471 e. The van der Waals surface area contributed by atoms with Crippen molar-refractivity contribution in [2.24, 2.45) is 10.2 Å². The minimum absolute atomic E-state index is 0.482. The van der Waals surface area contributed by atoms with E-state index >= 15 is 0 Å². The maximum absolute atomic E-state index is 5.58. The Kier molecular flexibility index (Phi) is 1.58. The van der Waals surface area contributed by atoms with Crippen LogP contribution in [0.1, 0.15) is 5.56 Å². The minimum Gasteiger partial charge on any atom is -0.471 e. The molecule has 4 heteroatoms. The van der Waals surface area contributed by atoms with E-state index in [9.17, 15) is 0 Å². The predicted octanol–water partition coefficient (Wildman–Crippen LogP) is 2.14. The van der Waals surface area contributed by atoms with Gasteiger partial charge in [0.1, 0.15) is 12.4 Å². The molecule has 0 saturated heterocycles. The number of para-hydroxylation sites is 1. The van der Waals surface area contributed by atoms with Crippen LogP contribution in [0.4, 0.5) is 0 Å². The van der Waals surface area contributed by atoms with Crippen LogP contribution in [0.25, 0.3) is 5.57 Å². The number of ether oxygens (including phenoxy) is 2. The van der Waals surface area contributed by atoms with Crippen molar-refractivity contribution in [3.63, 3.8) is 0 Å². The van der Waals surface area contributed by atoms with E-state index in [0.717, 1.165) is 28.0 Å². The Morgan fingerprint density at radius 2 is 2.12 bits per heavy atom. The third kappa shape index (κ3) is 1.12. The molecule has 0 amide bonds. The predicted molar refractivity (Wildman–Crippen MR) is 64.0 cm³/mol. The van der Waals surface area contributed by atoms with Crippen LogP contribution < -0.4 is 4.74 Å². The molecule has 3 aliphatic heterocycles. The molecule has 0 unspecified atom stereocenters. The summed E-state index contributed by atoms with van der Waals surface area (Å²) in [4.78, 5) is 0. The summed E-state index contributed by atoms with van der Waals surface area (Å²) in [6.07, 6.45) is 3.48. The molecule has 82 valence electrons. The van der Waals surface area contributed by atoms with Crippen molar-refractivity contribution >= 4 is 17.7 Å². The summed E-state index contributed by atoms with van der Waals surface area (Å²) in [5.74, 6) is 1.47. The smallest absolute Gasteiger partial charge is 0.243 e. The van der Waals surface area contributed by atoms with Crippen LogP contribution in [0.5, 0.6) is 5.75 Å². The zero-order valence-corrected chi connectivity index (χ0v) is 8.88. The van der Waals surface area contributed by atoms with Crippen LogP contribution in [0.2, 0.25) is 0 Å². The normalized spacial score (nSPS) is 19.5. The number of hydrogen-bond acceptors (Lipinski definition) is 4. The molecule has 0 fully saturated rings. The maximum atomic E-state index is 5.58. The van der Waals surface area contributed by atoms with Gasteiger partial charge in [-0.3, -0.25) is 0 Å². The topological polar surface area (TPSA) is 43.2 Å². The first-order valence-corrected chi connectivity index (χ1v) is 5.37. The quantitative estimate of drug-likeness (QED) is 0.677. The lowest BCUT2D eigenvalue weighted by molar-refractivity contribution is 0.332. The fourth-order valence-electron chi connectivity index (χ4n) is 2.24. The van der Waals surface area contributed by atoms with Gasteiger partial charge in [-0.05, 0) is 6.07 Å². The Morgan fingerprint density at radius 1 is 1.18 bits per heavy atom. The Labute approximate surface area is 97.6 Å². The monoisotopic (exact) mass is 224 g/mol. The van der Waals surface area contributed by atoms with Gasteiger partial charge in [0.2, 0.25) is 5.90 Å². The first-order chi connectivity index (χ1) is 8.43. The van der Waals surface area contributed by atoms with Crippen molar-refractivity contribution in [1.82, 2.24) is 0 Å². The van der Waals surface area contributed by atoms with Gasteiger partial charge >= 0.3 is 0 Å².